The second kappa shape index (κ2) is 11.6. The van der Waals surface area contributed by atoms with E-state index in [9.17, 15) is 4.79 Å². The molecule has 2 aliphatic rings. The van der Waals surface area contributed by atoms with Gasteiger partial charge in [0, 0.05) is 57.5 Å². The first-order valence-electron chi connectivity index (χ1n) is 14.7. The van der Waals surface area contributed by atoms with Gasteiger partial charge in [0.1, 0.15) is 5.65 Å². The molecule has 1 saturated heterocycles. The maximum atomic E-state index is 13.3. The van der Waals surface area contributed by atoms with Crippen LogP contribution in [-0.4, -0.2) is 64.5 Å². The molecule has 3 heterocycles. The van der Waals surface area contributed by atoms with Crippen LogP contribution in [0.3, 0.4) is 0 Å². The molecule has 1 saturated carbocycles. The van der Waals surface area contributed by atoms with Crippen LogP contribution in [0.15, 0.2) is 66.9 Å². The largest absolute Gasteiger partial charge is 0.381 e. The summed E-state index contributed by atoms with van der Waals surface area (Å²) in [5.41, 5.74) is 9.31. The minimum Gasteiger partial charge on any atom is -0.381 e. The number of pyridine rings is 1. The Balaban J connectivity index is 1.26. The van der Waals surface area contributed by atoms with E-state index in [4.69, 9.17) is 9.72 Å². The Morgan fingerprint density at radius 2 is 1.75 bits per heavy atom. The number of carbonyl (C=O) groups is 1. The van der Waals surface area contributed by atoms with Crippen molar-refractivity contribution in [3.05, 3.63) is 83.7 Å². The molecule has 4 aromatic rings. The number of imidazole rings is 1. The Hall–Kier alpha value is -3.48. The van der Waals surface area contributed by atoms with Crippen molar-refractivity contribution in [3.63, 3.8) is 0 Å². The smallest absolute Gasteiger partial charge is 0.225 e. The third-order valence-corrected chi connectivity index (χ3v) is 8.83. The molecule has 208 valence electrons. The highest BCUT2D eigenvalue weighted by Crippen LogP contribution is 2.31. The summed E-state index contributed by atoms with van der Waals surface area (Å²) in [5.74, 6) is 0.427. The van der Waals surface area contributed by atoms with Gasteiger partial charge in [-0.1, -0.05) is 60.5 Å². The highest BCUT2D eigenvalue weighted by atomic mass is 16.5. The second-order valence-electron chi connectivity index (χ2n) is 11.6. The number of aryl methyl sites for hydroxylation is 2. The standard InChI is InChI=1S/C34H40N4O2/c1-24-12-13-25(2)30(20-24)28-14-15-32-35-33(26-8-5-4-6-9-26)31(38(32)22-28)23-36-16-18-37(19-17-36)34(39)27-10-7-11-29(21-27)40-3/h4-6,8-9,12-15,20,22,27,29H,7,10-11,16-19,21,23H2,1-3H3. The van der Waals surface area contributed by atoms with Gasteiger partial charge in [-0.15, -0.1) is 0 Å². The molecule has 1 amide bonds. The number of benzene rings is 2. The Kier molecular flexibility index (Phi) is 7.72. The van der Waals surface area contributed by atoms with Crippen LogP contribution < -0.4 is 0 Å². The van der Waals surface area contributed by atoms with E-state index < -0.39 is 0 Å². The lowest BCUT2D eigenvalue weighted by atomic mass is 9.86. The predicted molar refractivity (Wildman–Crippen MR) is 160 cm³/mol. The third kappa shape index (κ3) is 5.43. The summed E-state index contributed by atoms with van der Waals surface area (Å²) in [6, 6.07) is 21.5. The first-order valence-corrected chi connectivity index (χ1v) is 14.7. The van der Waals surface area contributed by atoms with Crippen molar-refractivity contribution in [2.75, 3.05) is 33.3 Å². The van der Waals surface area contributed by atoms with Gasteiger partial charge >= 0.3 is 0 Å². The van der Waals surface area contributed by atoms with Gasteiger partial charge in [-0.25, -0.2) is 4.98 Å². The molecule has 2 aromatic carbocycles. The molecule has 6 heteroatoms. The van der Waals surface area contributed by atoms with Crippen molar-refractivity contribution < 1.29 is 9.53 Å². The van der Waals surface area contributed by atoms with Gasteiger partial charge in [0.15, 0.2) is 0 Å². The summed E-state index contributed by atoms with van der Waals surface area (Å²) in [7, 11) is 1.77. The van der Waals surface area contributed by atoms with Crippen molar-refractivity contribution in [2.24, 2.45) is 5.92 Å². The second-order valence-corrected chi connectivity index (χ2v) is 11.6. The van der Waals surface area contributed by atoms with Crippen molar-refractivity contribution >= 4 is 11.6 Å². The summed E-state index contributed by atoms with van der Waals surface area (Å²) in [5, 5.41) is 0. The number of rotatable bonds is 6. The quantitative estimate of drug-likeness (QED) is 0.297. The highest BCUT2D eigenvalue weighted by Gasteiger charge is 2.32. The summed E-state index contributed by atoms with van der Waals surface area (Å²) >= 11 is 0. The van der Waals surface area contributed by atoms with E-state index in [0.717, 1.165) is 75.3 Å². The average molecular weight is 537 g/mol. The van der Waals surface area contributed by atoms with E-state index in [1.54, 1.807) is 7.11 Å². The van der Waals surface area contributed by atoms with E-state index in [1.165, 1.54) is 27.9 Å². The van der Waals surface area contributed by atoms with Gasteiger partial charge in [0.2, 0.25) is 5.91 Å². The normalized spacial score (nSPS) is 20.2. The highest BCUT2D eigenvalue weighted by molar-refractivity contribution is 5.79. The van der Waals surface area contributed by atoms with Crippen molar-refractivity contribution in [2.45, 2.75) is 52.2 Å². The monoisotopic (exact) mass is 536 g/mol. The van der Waals surface area contributed by atoms with E-state index >= 15 is 0 Å². The summed E-state index contributed by atoms with van der Waals surface area (Å²) in [4.78, 5) is 23.0. The number of carbonyl (C=O) groups excluding carboxylic acids is 1. The van der Waals surface area contributed by atoms with Crippen LogP contribution in [0.2, 0.25) is 0 Å². The van der Waals surface area contributed by atoms with Crippen molar-refractivity contribution in [3.8, 4) is 22.4 Å². The number of hydrogen-bond donors (Lipinski definition) is 0. The zero-order valence-electron chi connectivity index (χ0n) is 24.0. The minimum atomic E-state index is 0.109. The van der Waals surface area contributed by atoms with Crippen molar-refractivity contribution in [1.29, 1.82) is 0 Å². The average Bonchev–Trinajstić information content (AvgIpc) is 3.36. The van der Waals surface area contributed by atoms with E-state index in [0.29, 0.717) is 5.91 Å². The fourth-order valence-corrected chi connectivity index (χ4v) is 6.46. The number of fused-ring (bicyclic) bond motifs is 1. The molecule has 40 heavy (non-hydrogen) atoms. The fraction of sp³-hybridized carbons (Fsp3) is 0.412. The zero-order chi connectivity index (χ0) is 27.6. The summed E-state index contributed by atoms with van der Waals surface area (Å²) in [6.07, 6.45) is 6.48. The Bertz CT molecular complexity index is 1490. The van der Waals surface area contributed by atoms with Crippen LogP contribution in [0.25, 0.3) is 28.0 Å². The van der Waals surface area contributed by atoms with E-state index in [2.05, 4.69) is 94.9 Å². The number of piperazine rings is 1. The maximum absolute atomic E-state index is 13.3. The molecular weight excluding hydrogens is 496 g/mol. The molecule has 0 N–H and O–H groups in total. The Morgan fingerprint density at radius 1 is 0.950 bits per heavy atom. The lowest BCUT2D eigenvalue weighted by Crippen LogP contribution is -2.50. The number of nitrogens with zero attached hydrogens (tertiary/aromatic N) is 4. The first-order chi connectivity index (χ1) is 19.5. The molecular formula is C34H40N4O2. The van der Waals surface area contributed by atoms with Crippen LogP contribution in [0.5, 0.6) is 0 Å². The minimum absolute atomic E-state index is 0.109. The van der Waals surface area contributed by atoms with Crippen LogP contribution in [0.1, 0.15) is 42.5 Å². The van der Waals surface area contributed by atoms with Gasteiger partial charge in [0.05, 0.1) is 17.5 Å². The number of aromatic nitrogens is 2. The molecule has 2 atom stereocenters. The number of amides is 1. The number of hydrogen-bond acceptors (Lipinski definition) is 4. The molecule has 6 nitrogen and oxygen atoms in total. The van der Waals surface area contributed by atoms with Crippen LogP contribution in [-0.2, 0) is 16.1 Å². The van der Waals surface area contributed by atoms with E-state index in [-0.39, 0.29) is 12.0 Å². The molecule has 1 aliphatic heterocycles. The zero-order valence-corrected chi connectivity index (χ0v) is 24.0. The van der Waals surface area contributed by atoms with Gasteiger partial charge in [-0.2, -0.15) is 0 Å². The number of methoxy groups -OCH3 is 1. The SMILES string of the molecule is COC1CCCC(C(=O)N2CCN(Cc3c(-c4ccccc4)nc4ccc(-c5cc(C)ccc5C)cn34)CC2)C1. The molecule has 2 unspecified atom stereocenters. The Labute approximate surface area is 237 Å². The predicted octanol–water partition coefficient (Wildman–Crippen LogP) is 6.13. The molecule has 1 aliphatic carbocycles. The molecule has 0 bridgehead atoms. The van der Waals surface area contributed by atoms with Gasteiger partial charge in [-0.3, -0.25) is 9.69 Å². The fourth-order valence-electron chi connectivity index (χ4n) is 6.46. The summed E-state index contributed by atoms with van der Waals surface area (Å²) in [6.45, 7) is 8.39. The van der Waals surface area contributed by atoms with Crippen LogP contribution >= 0.6 is 0 Å². The first kappa shape index (κ1) is 26.7. The van der Waals surface area contributed by atoms with Gasteiger partial charge in [0.25, 0.3) is 0 Å². The van der Waals surface area contributed by atoms with Gasteiger partial charge < -0.3 is 14.0 Å². The van der Waals surface area contributed by atoms with Crippen LogP contribution in [0.4, 0.5) is 0 Å². The molecule has 0 radical (unpaired) electrons. The van der Waals surface area contributed by atoms with Gasteiger partial charge in [-0.05, 0) is 61.9 Å². The molecule has 2 aromatic heterocycles. The van der Waals surface area contributed by atoms with Crippen molar-refractivity contribution in [1.82, 2.24) is 19.2 Å². The Morgan fingerprint density at radius 3 is 2.52 bits per heavy atom. The maximum Gasteiger partial charge on any atom is 0.225 e. The topological polar surface area (TPSA) is 50.1 Å². The molecule has 0 spiro atoms. The summed E-state index contributed by atoms with van der Waals surface area (Å²) < 4.78 is 7.86. The molecule has 2 fully saturated rings. The lowest BCUT2D eigenvalue weighted by Gasteiger charge is -2.38. The molecule has 6 rings (SSSR count). The number of ether oxygens (including phenoxy) is 1. The van der Waals surface area contributed by atoms with E-state index in [1.807, 2.05) is 0 Å². The van der Waals surface area contributed by atoms with Crippen LogP contribution in [0, 0.1) is 19.8 Å². The third-order valence-electron chi connectivity index (χ3n) is 8.83. The lowest BCUT2D eigenvalue weighted by molar-refractivity contribution is -0.140.